The van der Waals surface area contributed by atoms with Gasteiger partial charge in [0, 0.05) is 23.3 Å². The van der Waals surface area contributed by atoms with Gasteiger partial charge in [-0.05, 0) is 12.1 Å². The van der Waals surface area contributed by atoms with E-state index in [9.17, 15) is 4.79 Å². The van der Waals surface area contributed by atoms with E-state index >= 15 is 0 Å². The highest BCUT2D eigenvalue weighted by Crippen LogP contribution is 2.34. The van der Waals surface area contributed by atoms with E-state index < -0.39 is 0 Å². The van der Waals surface area contributed by atoms with Crippen LogP contribution < -0.4 is 5.32 Å². The Bertz CT molecular complexity index is 727. The Balaban J connectivity index is 1.85. The maximum Gasteiger partial charge on any atom is 0.275 e. The van der Waals surface area contributed by atoms with E-state index in [4.69, 9.17) is 11.6 Å². The highest BCUT2D eigenvalue weighted by Gasteiger charge is 2.15. The number of amides is 1. The van der Waals surface area contributed by atoms with E-state index in [1.165, 1.54) is 22.7 Å². The summed E-state index contributed by atoms with van der Waals surface area (Å²) in [6.45, 7) is 0. The molecule has 0 saturated carbocycles. The standard InChI is InChI=1S/C12H7ClN4OS2/c13-9-12(17-10(18)8-5-19-6-15-8)20-11(16-9)7-2-1-3-14-4-7/h1-6H,(H,17,18). The van der Waals surface area contributed by atoms with Crippen molar-refractivity contribution in [2.24, 2.45) is 0 Å². The topological polar surface area (TPSA) is 67.8 Å². The number of nitrogens with one attached hydrogen (secondary N) is 1. The fraction of sp³-hybridized carbons (Fsp3) is 0. The molecule has 3 aromatic rings. The van der Waals surface area contributed by atoms with E-state index in [0.717, 1.165) is 5.56 Å². The van der Waals surface area contributed by atoms with Crippen LogP contribution in [0.3, 0.4) is 0 Å². The van der Waals surface area contributed by atoms with Crippen molar-refractivity contribution in [2.75, 3.05) is 5.32 Å². The molecule has 3 rings (SSSR count). The molecule has 3 heterocycles. The molecule has 1 N–H and O–H groups in total. The number of rotatable bonds is 3. The molecule has 0 aliphatic heterocycles. The first-order valence-corrected chi connectivity index (χ1v) is 7.64. The molecule has 0 radical (unpaired) electrons. The van der Waals surface area contributed by atoms with Crippen LogP contribution >= 0.6 is 34.3 Å². The van der Waals surface area contributed by atoms with Crippen molar-refractivity contribution < 1.29 is 4.79 Å². The number of pyridine rings is 1. The Labute approximate surface area is 127 Å². The molecule has 0 saturated heterocycles. The second kappa shape index (κ2) is 5.66. The summed E-state index contributed by atoms with van der Waals surface area (Å²) >= 11 is 8.70. The number of halogens is 1. The van der Waals surface area contributed by atoms with Gasteiger partial charge in [-0.25, -0.2) is 9.97 Å². The van der Waals surface area contributed by atoms with Crippen LogP contribution in [0.25, 0.3) is 10.6 Å². The maximum atomic E-state index is 11.9. The molecule has 0 aliphatic carbocycles. The van der Waals surface area contributed by atoms with Gasteiger partial charge in [-0.3, -0.25) is 9.78 Å². The number of hydrogen-bond donors (Lipinski definition) is 1. The molecule has 0 aromatic carbocycles. The van der Waals surface area contributed by atoms with Crippen molar-refractivity contribution >= 4 is 45.2 Å². The van der Waals surface area contributed by atoms with Crippen molar-refractivity contribution in [3.63, 3.8) is 0 Å². The molecule has 0 bridgehead atoms. The molecule has 100 valence electrons. The molecule has 8 heteroatoms. The minimum absolute atomic E-state index is 0.262. The summed E-state index contributed by atoms with van der Waals surface area (Å²) in [5.41, 5.74) is 2.82. The summed E-state index contributed by atoms with van der Waals surface area (Å²) in [4.78, 5) is 24.1. The summed E-state index contributed by atoms with van der Waals surface area (Å²) in [6, 6.07) is 3.70. The number of carbonyl (C=O) groups is 1. The predicted octanol–water partition coefficient (Wildman–Crippen LogP) is 3.57. The quantitative estimate of drug-likeness (QED) is 0.800. The van der Waals surface area contributed by atoms with Crippen molar-refractivity contribution in [1.82, 2.24) is 15.0 Å². The van der Waals surface area contributed by atoms with Gasteiger partial charge in [0.15, 0.2) is 5.15 Å². The minimum Gasteiger partial charge on any atom is -0.310 e. The lowest BCUT2D eigenvalue weighted by Crippen LogP contribution is -2.11. The van der Waals surface area contributed by atoms with E-state index in [1.54, 1.807) is 23.3 Å². The number of carbonyl (C=O) groups excluding carboxylic acids is 1. The predicted molar refractivity (Wildman–Crippen MR) is 80.4 cm³/mol. The lowest BCUT2D eigenvalue weighted by atomic mass is 10.3. The molecular weight excluding hydrogens is 316 g/mol. The molecule has 5 nitrogen and oxygen atoms in total. The lowest BCUT2D eigenvalue weighted by molar-refractivity contribution is 0.102. The zero-order chi connectivity index (χ0) is 13.9. The molecule has 0 aliphatic rings. The second-order valence-electron chi connectivity index (χ2n) is 3.71. The first-order valence-electron chi connectivity index (χ1n) is 5.50. The average molecular weight is 323 g/mol. The third-order valence-corrected chi connectivity index (χ3v) is 4.38. The van der Waals surface area contributed by atoms with Crippen LogP contribution in [0.2, 0.25) is 5.15 Å². The second-order valence-corrected chi connectivity index (χ2v) is 5.78. The summed E-state index contributed by atoms with van der Waals surface area (Å²) in [7, 11) is 0. The van der Waals surface area contributed by atoms with Gasteiger partial charge in [0.2, 0.25) is 0 Å². The molecule has 3 aromatic heterocycles. The zero-order valence-corrected chi connectivity index (χ0v) is 12.3. The molecule has 0 atom stereocenters. The third-order valence-electron chi connectivity index (χ3n) is 2.39. The van der Waals surface area contributed by atoms with Gasteiger partial charge < -0.3 is 5.32 Å². The average Bonchev–Trinajstić information content (AvgIpc) is 3.10. The first-order chi connectivity index (χ1) is 9.74. The minimum atomic E-state index is -0.297. The third kappa shape index (κ3) is 2.69. The fourth-order valence-electron chi connectivity index (χ4n) is 1.48. The Kier molecular flexibility index (Phi) is 3.72. The van der Waals surface area contributed by atoms with Crippen LogP contribution in [0.15, 0.2) is 35.4 Å². The van der Waals surface area contributed by atoms with E-state index in [1.807, 2.05) is 12.1 Å². The lowest BCUT2D eigenvalue weighted by Gasteiger charge is -1.98. The number of anilines is 1. The number of hydrogen-bond acceptors (Lipinski definition) is 6. The van der Waals surface area contributed by atoms with Crippen LogP contribution in [0, 0.1) is 0 Å². The monoisotopic (exact) mass is 322 g/mol. The summed E-state index contributed by atoms with van der Waals surface area (Å²) < 4.78 is 0. The van der Waals surface area contributed by atoms with Gasteiger partial charge in [0.25, 0.3) is 5.91 Å². The van der Waals surface area contributed by atoms with Crippen LogP contribution in [-0.4, -0.2) is 20.9 Å². The molecule has 0 unspecified atom stereocenters. The molecule has 0 fully saturated rings. The summed E-state index contributed by atoms with van der Waals surface area (Å²) in [5.74, 6) is -0.297. The maximum absolute atomic E-state index is 11.9. The van der Waals surface area contributed by atoms with Crippen LogP contribution in [0.1, 0.15) is 10.5 Å². The highest BCUT2D eigenvalue weighted by molar-refractivity contribution is 7.19. The van der Waals surface area contributed by atoms with Gasteiger partial charge in [0.05, 0.1) is 5.51 Å². The SMILES string of the molecule is O=C(Nc1sc(-c2cccnc2)nc1Cl)c1cscn1. The van der Waals surface area contributed by atoms with E-state index in [2.05, 4.69) is 20.3 Å². The van der Waals surface area contributed by atoms with Crippen molar-refractivity contribution in [2.45, 2.75) is 0 Å². The van der Waals surface area contributed by atoms with Gasteiger partial charge in [-0.15, -0.1) is 11.3 Å². The van der Waals surface area contributed by atoms with Gasteiger partial charge >= 0.3 is 0 Å². The van der Waals surface area contributed by atoms with Crippen molar-refractivity contribution in [3.8, 4) is 10.6 Å². The zero-order valence-electron chi connectivity index (χ0n) is 9.91. The van der Waals surface area contributed by atoms with Gasteiger partial charge in [-0.2, -0.15) is 0 Å². The van der Waals surface area contributed by atoms with Gasteiger partial charge in [-0.1, -0.05) is 22.9 Å². The van der Waals surface area contributed by atoms with Crippen LogP contribution in [-0.2, 0) is 0 Å². The van der Waals surface area contributed by atoms with E-state index in [0.29, 0.717) is 15.7 Å². The molecule has 0 spiro atoms. The number of thiazole rings is 2. The number of nitrogens with zero attached hydrogens (tertiary/aromatic N) is 3. The normalized spacial score (nSPS) is 10.4. The van der Waals surface area contributed by atoms with Crippen LogP contribution in [0.4, 0.5) is 5.00 Å². The number of aromatic nitrogens is 3. The van der Waals surface area contributed by atoms with E-state index in [-0.39, 0.29) is 11.1 Å². The molecule has 1 amide bonds. The first kappa shape index (κ1) is 13.2. The fourth-order valence-corrected chi connectivity index (χ4v) is 3.16. The van der Waals surface area contributed by atoms with Crippen LogP contribution in [0.5, 0.6) is 0 Å². The highest BCUT2D eigenvalue weighted by atomic mass is 35.5. The van der Waals surface area contributed by atoms with Crippen molar-refractivity contribution in [3.05, 3.63) is 46.3 Å². The smallest absolute Gasteiger partial charge is 0.275 e. The molecule has 20 heavy (non-hydrogen) atoms. The molecular formula is C12H7ClN4OS2. The Hall–Kier alpha value is -1.83. The summed E-state index contributed by atoms with van der Waals surface area (Å²) in [5, 5.41) is 5.85. The summed E-state index contributed by atoms with van der Waals surface area (Å²) in [6.07, 6.45) is 3.38. The Morgan fingerprint density at radius 3 is 3.00 bits per heavy atom. The Morgan fingerprint density at radius 1 is 1.40 bits per heavy atom. The van der Waals surface area contributed by atoms with Gasteiger partial charge in [0.1, 0.15) is 15.7 Å². The van der Waals surface area contributed by atoms with Crippen molar-refractivity contribution in [1.29, 1.82) is 0 Å². The Morgan fingerprint density at radius 2 is 2.30 bits per heavy atom. The largest absolute Gasteiger partial charge is 0.310 e.